The van der Waals surface area contributed by atoms with Crippen LogP contribution in [0.4, 0.5) is 0 Å². The van der Waals surface area contributed by atoms with Crippen LogP contribution in [-0.2, 0) is 0 Å². The standard InChI is InChI=1S/C8H13NS/c1-3-5-10-8-6-7(4-2)9-8/h6H,3-5H2,1-2H3. The summed E-state index contributed by atoms with van der Waals surface area (Å²) in [4.78, 5) is 4.32. The number of hydrogen-bond acceptors (Lipinski definition) is 2. The van der Waals surface area contributed by atoms with Gasteiger partial charge in [-0.15, -0.1) is 11.8 Å². The Hall–Kier alpha value is -0.240. The van der Waals surface area contributed by atoms with Crippen LogP contribution in [-0.4, -0.2) is 11.5 Å². The van der Waals surface area contributed by atoms with E-state index in [1.807, 2.05) is 11.8 Å². The molecular weight excluding hydrogens is 142 g/mol. The fourth-order valence-electron chi connectivity index (χ4n) is 0.744. The van der Waals surface area contributed by atoms with Gasteiger partial charge in [0.15, 0.2) is 0 Å². The second kappa shape index (κ2) is 3.81. The number of nitrogens with zero attached hydrogens (tertiary/aromatic N) is 1. The second-order valence-corrected chi connectivity index (χ2v) is 3.40. The Morgan fingerprint density at radius 2 is 2.20 bits per heavy atom. The Balaban J connectivity index is 2.13. The molecule has 1 heterocycles. The smallest absolute Gasteiger partial charge is 0.0981 e. The minimum absolute atomic E-state index is 1.08. The van der Waals surface area contributed by atoms with Gasteiger partial charge in [0.1, 0.15) is 0 Å². The van der Waals surface area contributed by atoms with E-state index in [-0.39, 0.29) is 0 Å². The van der Waals surface area contributed by atoms with Gasteiger partial charge in [-0.25, -0.2) is 4.99 Å². The Bertz CT molecular complexity index is 170. The van der Waals surface area contributed by atoms with Crippen molar-refractivity contribution in [3.8, 4) is 0 Å². The molecule has 56 valence electrons. The third-order valence-corrected chi connectivity index (χ3v) is 2.48. The van der Waals surface area contributed by atoms with Gasteiger partial charge in [-0.3, -0.25) is 0 Å². The van der Waals surface area contributed by atoms with Crippen LogP contribution in [0.15, 0.2) is 16.1 Å². The van der Waals surface area contributed by atoms with Crippen LogP contribution in [0, 0.1) is 0 Å². The summed E-state index contributed by atoms with van der Waals surface area (Å²) in [7, 11) is 0. The van der Waals surface area contributed by atoms with Gasteiger partial charge in [0.05, 0.1) is 5.03 Å². The molecule has 0 amide bonds. The van der Waals surface area contributed by atoms with Crippen LogP contribution in [0.1, 0.15) is 26.7 Å². The number of aliphatic imine (C=N–C) groups is 1. The molecular formula is C8H13NS. The molecule has 0 saturated heterocycles. The van der Waals surface area contributed by atoms with Gasteiger partial charge in [0.2, 0.25) is 0 Å². The monoisotopic (exact) mass is 155 g/mol. The lowest BCUT2D eigenvalue weighted by Crippen LogP contribution is -2.01. The molecule has 2 heteroatoms. The zero-order chi connectivity index (χ0) is 7.40. The Morgan fingerprint density at radius 1 is 1.50 bits per heavy atom. The second-order valence-electron chi connectivity index (χ2n) is 2.29. The maximum absolute atomic E-state index is 4.32. The van der Waals surface area contributed by atoms with Gasteiger partial charge in [0, 0.05) is 5.71 Å². The van der Waals surface area contributed by atoms with E-state index in [0.717, 1.165) is 6.42 Å². The molecule has 0 radical (unpaired) electrons. The molecule has 0 saturated carbocycles. The number of thioether (sulfide) groups is 1. The van der Waals surface area contributed by atoms with Gasteiger partial charge in [-0.1, -0.05) is 13.8 Å². The lowest BCUT2D eigenvalue weighted by Gasteiger charge is -2.10. The molecule has 0 bridgehead atoms. The van der Waals surface area contributed by atoms with E-state index in [0.29, 0.717) is 0 Å². The van der Waals surface area contributed by atoms with E-state index in [1.165, 1.54) is 22.9 Å². The first-order valence-electron chi connectivity index (χ1n) is 3.79. The Kier molecular flexibility index (Phi) is 3.00. The molecule has 0 atom stereocenters. The van der Waals surface area contributed by atoms with E-state index in [4.69, 9.17) is 0 Å². The van der Waals surface area contributed by atoms with Crippen molar-refractivity contribution >= 4 is 17.5 Å². The fraction of sp³-hybridized carbons (Fsp3) is 0.625. The lowest BCUT2D eigenvalue weighted by molar-refractivity contribution is 1.11. The Labute approximate surface area is 66.6 Å². The van der Waals surface area contributed by atoms with Crippen LogP contribution < -0.4 is 0 Å². The third kappa shape index (κ3) is 1.87. The van der Waals surface area contributed by atoms with Crippen LogP contribution in [0.2, 0.25) is 0 Å². The maximum atomic E-state index is 4.32. The van der Waals surface area contributed by atoms with Crippen LogP contribution >= 0.6 is 11.8 Å². The Morgan fingerprint density at radius 3 is 2.70 bits per heavy atom. The van der Waals surface area contributed by atoms with Crippen molar-refractivity contribution < 1.29 is 0 Å². The van der Waals surface area contributed by atoms with Crippen molar-refractivity contribution in [1.29, 1.82) is 0 Å². The summed E-state index contributed by atoms with van der Waals surface area (Å²) >= 11 is 1.86. The molecule has 1 nitrogen and oxygen atoms in total. The molecule has 0 aromatic carbocycles. The highest BCUT2D eigenvalue weighted by atomic mass is 32.2. The van der Waals surface area contributed by atoms with Crippen molar-refractivity contribution in [3.63, 3.8) is 0 Å². The molecule has 0 N–H and O–H groups in total. The summed E-state index contributed by atoms with van der Waals surface area (Å²) in [5.74, 6) is 1.20. The van der Waals surface area contributed by atoms with Gasteiger partial charge in [0.25, 0.3) is 0 Å². The van der Waals surface area contributed by atoms with Crippen molar-refractivity contribution in [3.05, 3.63) is 11.1 Å². The average molecular weight is 155 g/mol. The van der Waals surface area contributed by atoms with Crippen molar-refractivity contribution in [1.82, 2.24) is 0 Å². The van der Waals surface area contributed by atoms with E-state index >= 15 is 0 Å². The van der Waals surface area contributed by atoms with Crippen LogP contribution in [0.25, 0.3) is 0 Å². The largest absolute Gasteiger partial charge is 0.246 e. The molecule has 0 fully saturated rings. The molecule has 0 aromatic rings. The van der Waals surface area contributed by atoms with Crippen molar-refractivity contribution in [2.45, 2.75) is 26.7 Å². The zero-order valence-corrected chi connectivity index (χ0v) is 7.37. The average Bonchev–Trinajstić information content (AvgIpc) is 1.86. The first-order chi connectivity index (χ1) is 4.86. The predicted molar refractivity (Wildman–Crippen MR) is 48.6 cm³/mol. The minimum Gasteiger partial charge on any atom is -0.246 e. The highest BCUT2D eigenvalue weighted by molar-refractivity contribution is 8.03. The summed E-state index contributed by atoms with van der Waals surface area (Å²) < 4.78 is 0. The number of allylic oxidation sites excluding steroid dienone is 1. The normalized spacial score (nSPS) is 15.8. The SMILES string of the molecule is CCCSC1=CC(CC)=N1. The van der Waals surface area contributed by atoms with E-state index in [1.54, 1.807) is 0 Å². The zero-order valence-electron chi connectivity index (χ0n) is 6.55. The van der Waals surface area contributed by atoms with Crippen LogP contribution in [0.3, 0.4) is 0 Å². The van der Waals surface area contributed by atoms with E-state index in [9.17, 15) is 0 Å². The summed E-state index contributed by atoms with van der Waals surface area (Å²) in [5, 5.41) is 1.22. The van der Waals surface area contributed by atoms with E-state index in [2.05, 4.69) is 24.9 Å². The van der Waals surface area contributed by atoms with Crippen LogP contribution in [0.5, 0.6) is 0 Å². The molecule has 0 aromatic heterocycles. The van der Waals surface area contributed by atoms with Crippen molar-refractivity contribution in [2.24, 2.45) is 4.99 Å². The highest BCUT2D eigenvalue weighted by Gasteiger charge is 2.06. The summed E-state index contributed by atoms with van der Waals surface area (Å²) in [5.41, 5.74) is 1.25. The fourth-order valence-corrected chi connectivity index (χ4v) is 1.56. The topological polar surface area (TPSA) is 12.4 Å². The van der Waals surface area contributed by atoms with Crippen molar-refractivity contribution in [2.75, 3.05) is 5.75 Å². The lowest BCUT2D eigenvalue weighted by atomic mass is 10.2. The first-order valence-corrected chi connectivity index (χ1v) is 4.77. The first kappa shape index (κ1) is 7.86. The maximum Gasteiger partial charge on any atom is 0.0981 e. The molecule has 1 rings (SSSR count). The summed E-state index contributed by atoms with van der Waals surface area (Å²) in [6.45, 7) is 4.33. The molecule has 0 spiro atoms. The molecule has 0 unspecified atom stereocenters. The molecule has 1 aliphatic heterocycles. The quantitative estimate of drug-likeness (QED) is 0.608. The van der Waals surface area contributed by atoms with E-state index < -0.39 is 0 Å². The number of hydrogen-bond donors (Lipinski definition) is 0. The summed E-state index contributed by atoms with van der Waals surface area (Å²) in [6, 6.07) is 0. The molecule has 10 heavy (non-hydrogen) atoms. The van der Waals surface area contributed by atoms with Gasteiger partial charge in [-0.05, 0) is 24.7 Å². The molecule has 1 aliphatic rings. The predicted octanol–water partition coefficient (Wildman–Crippen LogP) is 2.84. The summed E-state index contributed by atoms with van der Waals surface area (Å²) in [6.07, 6.45) is 4.50. The van der Waals surface area contributed by atoms with Gasteiger partial charge >= 0.3 is 0 Å². The minimum atomic E-state index is 1.08. The molecule has 0 aliphatic carbocycles. The van der Waals surface area contributed by atoms with Gasteiger partial charge < -0.3 is 0 Å². The van der Waals surface area contributed by atoms with Gasteiger partial charge in [-0.2, -0.15) is 0 Å². The third-order valence-electron chi connectivity index (χ3n) is 1.36. The number of rotatable bonds is 4. The highest BCUT2D eigenvalue weighted by Crippen LogP contribution is 2.24.